The summed E-state index contributed by atoms with van der Waals surface area (Å²) in [6, 6.07) is 13.4. The number of nitrogens with one attached hydrogen (secondary N) is 1. The number of hydrogen-bond donors (Lipinski definition) is 2. The zero-order valence-electron chi connectivity index (χ0n) is 20.9. The van der Waals surface area contributed by atoms with E-state index >= 15 is 0 Å². The number of carbonyl (C=O) groups excluding carboxylic acids is 1. The van der Waals surface area contributed by atoms with Gasteiger partial charge in [0.2, 0.25) is 5.91 Å². The van der Waals surface area contributed by atoms with Crippen molar-refractivity contribution in [3.63, 3.8) is 0 Å². The number of methoxy groups -OCH3 is 1. The summed E-state index contributed by atoms with van der Waals surface area (Å²) in [4.78, 5) is 16.7. The summed E-state index contributed by atoms with van der Waals surface area (Å²) in [7, 11) is 3.61. The molecule has 0 aliphatic carbocycles. The molecule has 36 heavy (non-hydrogen) atoms. The van der Waals surface area contributed by atoms with Crippen LogP contribution < -0.4 is 5.32 Å². The predicted octanol–water partition coefficient (Wildman–Crippen LogP) is 4.39. The molecule has 3 rings (SSSR count). The van der Waals surface area contributed by atoms with Crippen LogP contribution in [0.5, 0.6) is 0 Å². The van der Waals surface area contributed by atoms with E-state index in [1.807, 2.05) is 43.4 Å². The number of rotatable bonds is 13. The lowest BCUT2D eigenvalue weighted by molar-refractivity contribution is -0.121. The van der Waals surface area contributed by atoms with Crippen LogP contribution in [0.25, 0.3) is 0 Å². The molecule has 1 saturated heterocycles. The van der Waals surface area contributed by atoms with Crippen LogP contribution in [-0.4, -0.2) is 80.5 Å². The highest BCUT2D eigenvalue weighted by Crippen LogP contribution is 2.30. The lowest BCUT2D eigenvalue weighted by atomic mass is 10.0. The third-order valence-electron chi connectivity index (χ3n) is 6.26. The molecule has 7 nitrogen and oxygen atoms in total. The molecule has 0 bridgehead atoms. The number of amides is 1. The second kappa shape index (κ2) is 14.0. The van der Waals surface area contributed by atoms with Crippen LogP contribution in [0.4, 0.5) is 5.69 Å². The van der Waals surface area contributed by atoms with Gasteiger partial charge < -0.3 is 24.8 Å². The molecule has 1 aliphatic heterocycles. The van der Waals surface area contributed by atoms with Crippen molar-refractivity contribution in [1.82, 2.24) is 9.80 Å². The third-order valence-corrected chi connectivity index (χ3v) is 7.00. The Morgan fingerprint density at radius 2 is 2.06 bits per heavy atom. The first-order valence-corrected chi connectivity index (χ1v) is 12.7. The highest BCUT2D eigenvalue weighted by molar-refractivity contribution is 6.42. The minimum absolute atomic E-state index is 0.0386. The van der Waals surface area contributed by atoms with Gasteiger partial charge in [-0.2, -0.15) is 0 Å². The molecule has 2 aromatic carbocycles. The van der Waals surface area contributed by atoms with Gasteiger partial charge in [0.1, 0.15) is 6.61 Å². The second-order valence-electron chi connectivity index (χ2n) is 9.04. The maximum atomic E-state index is 12.3. The SMILES string of the molecule is C=C(Cc1ccc(Cl)c(Cl)c1)N(C)C(CN1CCC(O)C1)c1cccc(NC(=O)COCCOC)c1. The number of hydrogen-bond acceptors (Lipinski definition) is 6. The smallest absolute Gasteiger partial charge is 0.250 e. The van der Waals surface area contributed by atoms with Crippen molar-refractivity contribution in [1.29, 1.82) is 0 Å². The highest BCUT2D eigenvalue weighted by Gasteiger charge is 2.27. The molecule has 9 heteroatoms. The quantitative estimate of drug-likeness (QED) is 0.370. The maximum absolute atomic E-state index is 12.3. The number of likely N-dealkylation sites (tertiary alicyclic amines) is 1. The van der Waals surface area contributed by atoms with E-state index in [1.54, 1.807) is 13.2 Å². The van der Waals surface area contributed by atoms with Crippen LogP contribution in [0.2, 0.25) is 10.0 Å². The average molecular weight is 537 g/mol. The molecule has 1 heterocycles. The van der Waals surface area contributed by atoms with E-state index in [0.29, 0.717) is 48.5 Å². The topological polar surface area (TPSA) is 74.3 Å². The number of aliphatic hydroxyl groups is 1. The molecule has 0 radical (unpaired) electrons. The lowest BCUT2D eigenvalue weighted by Gasteiger charge is -2.35. The first kappa shape index (κ1) is 28.4. The summed E-state index contributed by atoms with van der Waals surface area (Å²) in [5, 5.41) is 14.0. The van der Waals surface area contributed by atoms with Crippen molar-refractivity contribution in [2.24, 2.45) is 0 Å². The van der Waals surface area contributed by atoms with E-state index in [2.05, 4.69) is 21.7 Å². The van der Waals surface area contributed by atoms with Crippen LogP contribution in [0.1, 0.15) is 23.6 Å². The van der Waals surface area contributed by atoms with E-state index < -0.39 is 0 Å². The molecule has 0 aromatic heterocycles. The number of anilines is 1. The van der Waals surface area contributed by atoms with Gasteiger partial charge in [0.25, 0.3) is 0 Å². The van der Waals surface area contributed by atoms with Gasteiger partial charge in [-0.25, -0.2) is 0 Å². The van der Waals surface area contributed by atoms with Gasteiger partial charge in [0.15, 0.2) is 0 Å². The monoisotopic (exact) mass is 535 g/mol. The fourth-order valence-electron chi connectivity index (χ4n) is 4.23. The second-order valence-corrected chi connectivity index (χ2v) is 9.85. The Kier molecular flexibility index (Phi) is 11.0. The first-order valence-electron chi connectivity index (χ1n) is 12.0. The third kappa shape index (κ3) is 8.47. The number of likely N-dealkylation sites (N-methyl/N-ethyl adjacent to an activating group) is 1. The Hall–Kier alpha value is -2.13. The van der Waals surface area contributed by atoms with Gasteiger partial charge >= 0.3 is 0 Å². The number of nitrogens with zero attached hydrogens (tertiary/aromatic N) is 2. The normalized spacial score (nSPS) is 16.6. The van der Waals surface area contributed by atoms with Gasteiger partial charge in [0.05, 0.1) is 35.4 Å². The molecular weight excluding hydrogens is 501 g/mol. The number of aliphatic hydroxyl groups excluding tert-OH is 1. The highest BCUT2D eigenvalue weighted by atomic mass is 35.5. The van der Waals surface area contributed by atoms with E-state index in [-0.39, 0.29) is 24.7 Å². The summed E-state index contributed by atoms with van der Waals surface area (Å²) in [6.45, 7) is 7.29. The van der Waals surface area contributed by atoms with Gasteiger partial charge in [-0.15, -0.1) is 0 Å². The Bertz CT molecular complexity index is 1040. The molecule has 1 fully saturated rings. The van der Waals surface area contributed by atoms with E-state index in [9.17, 15) is 9.90 Å². The molecule has 2 N–H and O–H groups in total. The van der Waals surface area contributed by atoms with Crippen LogP contribution in [0.15, 0.2) is 54.7 Å². The first-order chi connectivity index (χ1) is 17.3. The zero-order valence-corrected chi connectivity index (χ0v) is 22.4. The van der Waals surface area contributed by atoms with Crippen molar-refractivity contribution >= 4 is 34.8 Å². The molecule has 2 unspecified atom stereocenters. The van der Waals surface area contributed by atoms with Crippen LogP contribution in [0.3, 0.4) is 0 Å². The standard InChI is InChI=1S/C27H35Cl2N3O4/c1-19(13-20-7-8-24(28)25(29)14-20)31(2)26(17-32-10-9-23(33)16-32)21-5-4-6-22(15-21)30-27(34)18-36-12-11-35-3/h4-8,14-15,23,26,33H,1,9-13,16-18H2,2-3H3,(H,30,34). The summed E-state index contributed by atoms with van der Waals surface area (Å²) >= 11 is 12.3. The van der Waals surface area contributed by atoms with Crippen molar-refractivity contribution < 1.29 is 19.4 Å². The molecule has 0 spiro atoms. The summed E-state index contributed by atoms with van der Waals surface area (Å²) < 4.78 is 10.3. The summed E-state index contributed by atoms with van der Waals surface area (Å²) in [5.74, 6) is -0.222. The van der Waals surface area contributed by atoms with Gasteiger partial charge in [-0.05, 0) is 41.8 Å². The Balaban J connectivity index is 1.75. The average Bonchev–Trinajstić information content (AvgIpc) is 3.27. The zero-order chi connectivity index (χ0) is 26.1. The number of allylic oxidation sites excluding steroid dienone is 1. The Labute approximate surface area is 223 Å². The number of ether oxygens (including phenoxy) is 2. The molecule has 1 aliphatic rings. The van der Waals surface area contributed by atoms with Crippen molar-refractivity contribution in [3.05, 3.63) is 75.9 Å². The van der Waals surface area contributed by atoms with E-state index in [4.69, 9.17) is 32.7 Å². The van der Waals surface area contributed by atoms with Crippen molar-refractivity contribution in [3.8, 4) is 0 Å². The minimum Gasteiger partial charge on any atom is -0.392 e. The van der Waals surface area contributed by atoms with Crippen molar-refractivity contribution in [2.45, 2.75) is 25.0 Å². The van der Waals surface area contributed by atoms with Gasteiger partial charge in [-0.1, -0.05) is 48.0 Å². The molecular formula is C27H35Cl2N3O4. The molecule has 196 valence electrons. The molecule has 2 atom stereocenters. The van der Waals surface area contributed by atoms with E-state index in [0.717, 1.165) is 29.8 Å². The fourth-order valence-corrected chi connectivity index (χ4v) is 4.55. The van der Waals surface area contributed by atoms with Gasteiger partial charge in [0, 0.05) is 51.6 Å². The number of benzene rings is 2. The largest absolute Gasteiger partial charge is 0.392 e. The molecule has 1 amide bonds. The number of halogens is 2. The molecule has 2 aromatic rings. The Morgan fingerprint density at radius 3 is 2.75 bits per heavy atom. The lowest BCUT2D eigenvalue weighted by Crippen LogP contribution is -2.35. The van der Waals surface area contributed by atoms with Gasteiger partial charge in [-0.3, -0.25) is 9.69 Å². The maximum Gasteiger partial charge on any atom is 0.250 e. The fraction of sp³-hybridized carbons (Fsp3) is 0.444. The van der Waals surface area contributed by atoms with Crippen molar-refractivity contribution in [2.75, 3.05) is 58.9 Å². The Morgan fingerprint density at radius 1 is 1.25 bits per heavy atom. The van der Waals surface area contributed by atoms with Crippen LogP contribution >= 0.6 is 23.2 Å². The van der Waals surface area contributed by atoms with Crippen LogP contribution in [0, 0.1) is 0 Å². The van der Waals surface area contributed by atoms with E-state index in [1.165, 1.54) is 0 Å². The number of carbonyl (C=O) groups is 1. The van der Waals surface area contributed by atoms with Crippen LogP contribution in [-0.2, 0) is 20.7 Å². The predicted molar refractivity (Wildman–Crippen MR) is 145 cm³/mol. The molecule has 0 saturated carbocycles. The summed E-state index contributed by atoms with van der Waals surface area (Å²) in [6.07, 6.45) is 1.07. The minimum atomic E-state index is -0.306. The number of β-amino-alcohol motifs (C(OH)–C–C–N with tert-alkyl or cyclic N) is 1. The summed E-state index contributed by atoms with van der Waals surface area (Å²) in [5.41, 5.74) is 3.67.